The Morgan fingerprint density at radius 3 is 2.16 bits per heavy atom. The van der Waals surface area contributed by atoms with Crippen LogP contribution in [0.15, 0.2) is 0 Å². The maximum atomic E-state index is 6.76. The lowest BCUT2D eigenvalue weighted by molar-refractivity contribution is -0.172. The average Bonchev–Trinajstić information content (AvgIpc) is 2.80. The van der Waals surface area contributed by atoms with E-state index in [2.05, 4.69) is 20.8 Å². The van der Waals surface area contributed by atoms with Gasteiger partial charge in [-0.1, -0.05) is 40.0 Å². The quantitative estimate of drug-likeness (QED) is 0.399. The van der Waals surface area contributed by atoms with E-state index in [1.165, 1.54) is 38.5 Å². The van der Waals surface area contributed by atoms with Gasteiger partial charge in [-0.3, -0.25) is 0 Å². The van der Waals surface area contributed by atoms with E-state index in [1.807, 2.05) is 0 Å². The topological polar surface area (TPSA) is 9.23 Å². The zero-order valence-corrected chi connectivity index (χ0v) is 20.8. The molecule has 6 bridgehead atoms. The number of fused-ring (bicyclic) bond motifs is 8. The van der Waals surface area contributed by atoms with E-state index in [0.29, 0.717) is 12.2 Å². The third-order valence-corrected chi connectivity index (χ3v) is 12.3. The first-order valence-corrected chi connectivity index (χ1v) is 14.8. The van der Waals surface area contributed by atoms with Crippen molar-refractivity contribution < 1.29 is 4.74 Å². The fraction of sp³-hybridized carbons (Fsp3) is 1.00. The Kier molecular flexibility index (Phi) is 5.98. The molecule has 31 heavy (non-hydrogen) atoms. The van der Waals surface area contributed by atoms with Gasteiger partial charge in [0.05, 0.1) is 12.2 Å². The first kappa shape index (κ1) is 21.5. The molecule has 2 saturated heterocycles. The van der Waals surface area contributed by atoms with Gasteiger partial charge >= 0.3 is 0 Å². The molecule has 11 atom stereocenters. The van der Waals surface area contributed by atoms with Crippen LogP contribution in [0.2, 0.25) is 0 Å². The third-order valence-electron chi connectivity index (χ3n) is 12.3. The Morgan fingerprint density at radius 1 is 0.710 bits per heavy atom. The van der Waals surface area contributed by atoms with Crippen molar-refractivity contribution in [2.75, 3.05) is 0 Å². The van der Waals surface area contributed by atoms with Gasteiger partial charge in [0.2, 0.25) is 0 Å². The molecule has 9 rings (SSSR count). The lowest BCUT2D eigenvalue weighted by Gasteiger charge is -2.56. The standard InChI is InChI=1S/C30H50O/c1-4-25-23-10-9-22(29(25)16-23)13-18(2)28-17-24-11-12-26(28)30(31-24)14-19(3)27-15-20-5-7-21(27)8-6-20/h18-30H,4-17H2,1-3H3. The first-order chi connectivity index (χ1) is 15.1. The Morgan fingerprint density at radius 2 is 1.48 bits per heavy atom. The highest BCUT2D eigenvalue weighted by atomic mass is 16.5. The van der Waals surface area contributed by atoms with Crippen LogP contribution in [-0.2, 0) is 4.74 Å². The summed E-state index contributed by atoms with van der Waals surface area (Å²) in [5.41, 5.74) is 0. The lowest BCUT2D eigenvalue weighted by atomic mass is 9.50. The second-order valence-corrected chi connectivity index (χ2v) is 13.6. The van der Waals surface area contributed by atoms with Crippen molar-refractivity contribution in [3.05, 3.63) is 0 Å². The molecule has 0 spiro atoms. The molecule has 11 unspecified atom stereocenters. The van der Waals surface area contributed by atoms with E-state index in [1.54, 1.807) is 51.4 Å². The Hall–Kier alpha value is -0.0400. The smallest absolute Gasteiger partial charge is 0.0612 e. The number of ether oxygens (including phenoxy) is 1. The normalized spacial score (nSPS) is 52.5. The molecule has 0 radical (unpaired) electrons. The molecule has 0 aromatic carbocycles. The minimum absolute atomic E-state index is 0.596. The molecule has 9 aliphatic rings. The third kappa shape index (κ3) is 3.85. The van der Waals surface area contributed by atoms with Crippen molar-refractivity contribution >= 4 is 0 Å². The average molecular weight is 427 g/mol. The van der Waals surface area contributed by atoms with E-state index >= 15 is 0 Å². The molecule has 176 valence electrons. The Balaban J connectivity index is 1.08. The maximum absolute atomic E-state index is 6.76. The highest BCUT2D eigenvalue weighted by molar-refractivity contribution is 5.00. The van der Waals surface area contributed by atoms with Crippen molar-refractivity contribution in [1.82, 2.24) is 0 Å². The van der Waals surface area contributed by atoms with Gasteiger partial charge in [0.1, 0.15) is 0 Å². The summed E-state index contributed by atoms with van der Waals surface area (Å²) in [7, 11) is 0. The number of hydrogen-bond acceptors (Lipinski definition) is 1. The van der Waals surface area contributed by atoms with E-state index in [-0.39, 0.29) is 0 Å². The zero-order chi connectivity index (χ0) is 21.1. The summed E-state index contributed by atoms with van der Waals surface area (Å²) in [6.45, 7) is 7.71. The van der Waals surface area contributed by atoms with E-state index in [9.17, 15) is 0 Å². The molecule has 2 aliphatic heterocycles. The summed E-state index contributed by atoms with van der Waals surface area (Å²) in [5.74, 6) is 11.2. The van der Waals surface area contributed by atoms with Crippen LogP contribution in [0.25, 0.3) is 0 Å². The first-order valence-electron chi connectivity index (χ1n) is 14.8. The van der Waals surface area contributed by atoms with Crippen LogP contribution >= 0.6 is 0 Å². The van der Waals surface area contributed by atoms with Gasteiger partial charge < -0.3 is 4.74 Å². The largest absolute Gasteiger partial charge is 0.375 e. The van der Waals surface area contributed by atoms with Crippen molar-refractivity contribution in [2.45, 2.75) is 123 Å². The van der Waals surface area contributed by atoms with Gasteiger partial charge in [0.25, 0.3) is 0 Å². The number of hydrogen-bond donors (Lipinski definition) is 0. The fourth-order valence-electron chi connectivity index (χ4n) is 10.6. The van der Waals surface area contributed by atoms with Crippen LogP contribution in [-0.4, -0.2) is 12.2 Å². The van der Waals surface area contributed by atoms with Crippen LogP contribution < -0.4 is 0 Å². The molecule has 1 heteroatoms. The fourth-order valence-corrected chi connectivity index (χ4v) is 10.6. The minimum Gasteiger partial charge on any atom is -0.375 e. The van der Waals surface area contributed by atoms with E-state index < -0.39 is 0 Å². The van der Waals surface area contributed by atoms with Crippen LogP contribution in [0.1, 0.15) is 111 Å². The lowest BCUT2D eigenvalue weighted by Crippen LogP contribution is -2.50. The van der Waals surface area contributed by atoms with Gasteiger partial charge in [-0.05, 0) is 136 Å². The van der Waals surface area contributed by atoms with Gasteiger partial charge in [-0.25, -0.2) is 0 Å². The van der Waals surface area contributed by atoms with Crippen molar-refractivity contribution in [3.8, 4) is 0 Å². The molecular formula is C30H50O. The highest BCUT2D eigenvalue weighted by Gasteiger charge is 2.50. The summed E-state index contributed by atoms with van der Waals surface area (Å²) in [5, 5.41) is 0. The van der Waals surface area contributed by atoms with Gasteiger partial charge in [-0.2, -0.15) is 0 Å². The summed E-state index contributed by atoms with van der Waals surface area (Å²) in [6, 6.07) is 0. The SMILES string of the molecule is CCC1C2CCC(CC(C)C3CC4CCC3C(CC(C)C3CC5CCC3CC5)O4)C1C2. The molecule has 0 N–H and O–H groups in total. The Labute approximate surface area is 192 Å². The second-order valence-electron chi connectivity index (χ2n) is 13.6. The molecular weight excluding hydrogens is 376 g/mol. The number of rotatable bonds is 7. The molecule has 0 aromatic rings. The summed E-state index contributed by atoms with van der Waals surface area (Å²) in [4.78, 5) is 0. The Bertz CT molecular complexity index is 618. The van der Waals surface area contributed by atoms with Gasteiger partial charge in [-0.15, -0.1) is 0 Å². The van der Waals surface area contributed by atoms with Crippen LogP contribution in [0, 0.1) is 65.1 Å². The van der Waals surface area contributed by atoms with Crippen molar-refractivity contribution in [3.63, 3.8) is 0 Å². The molecule has 0 aromatic heterocycles. The van der Waals surface area contributed by atoms with E-state index in [4.69, 9.17) is 4.74 Å². The summed E-state index contributed by atoms with van der Waals surface area (Å²) in [6.07, 6.45) is 22.2. The minimum atomic E-state index is 0.596. The second kappa shape index (κ2) is 8.63. The maximum Gasteiger partial charge on any atom is 0.0612 e. The van der Waals surface area contributed by atoms with Crippen molar-refractivity contribution in [1.29, 1.82) is 0 Å². The molecule has 0 amide bonds. The zero-order valence-electron chi connectivity index (χ0n) is 20.8. The van der Waals surface area contributed by atoms with Crippen LogP contribution in [0.5, 0.6) is 0 Å². The molecule has 7 saturated carbocycles. The van der Waals surface area contributed by atoms with Crippen LogP contribution in [0.3, 0.4) is 0 Å². The predicted octanol–water partition coefficient (Wildman–Crippen LogP) is 8.12. The van der Waals surface area contributed by atoms with Gasteiger partial charge in [0.15, 0.2) is 0 Å². The molecule has 7 aliphatic carbocycles. The van der Waals surface area contributed by atoms with E-state index in [0.717, 1.165) is 65.1 Å². The summed E-state index contributed by atoms with van der Waals surface area (Å²) >= 11 is 0. The molecule has 1 nitrogen and oxygen atoms in total. The molecule has 9 fully saturated rings. The monoisotopic (exact) mass is 426 g/mol. The predicted molar refractivity (Wildman–Crippen MR) is 129 cm³/mol. The summed E-state index contributed by atoms with van der Waals surface area (Å²) < 4.78 is 6.76. The molecule has 2 heterocycles. The van der Waals surface area contributed by atoms with Crippen LogP contribution in [0.4, 0.5) is 0 Å². The van der Waals surface area contributed by atoms with Gasteiger partial charge in [0, 0.05) is 0 Å². The van der Waals surface area contributed by atoms with Crippen molar-refractivity contribution in [2.24, 2.45) is 65.1 Å². The highest BCUT2D eigenvalue weighted by Crippen LogP contribution is 2.58.